The molecule has 24 heavy (non-hydrogen) atoms. The first kappa shape index (κ1) is 14.8. The van der Waals surface area contributed by atoms with Crippen molar-refractivity contribution in [2.24, 2.45) is 0 Å². The minimum atomic E-state index is 0.0845. The van der Waals surface area contributed by atoms with E-state index in [0.717, 1.165) is 17.7 Å². The molecule has 6 nitrogen and oxygen atoms in total. The molecule has 0 amide bonds. The molecule has 0 radical (unpaired) electrons. The number of nitrogens with zero attached hydrogens (tertiary/aromatic N) is 5. The van der Waals surface area contributed by atoms with Gasteiger partial charge >= 0.3 is 0 Å². The van der Waals surface area contributed by atoms with Crippen LogP contribution in [0.5, 0.6) is 0 Å². The van der Waals surface area contributed by atoms with Crippen molar-refractivity contribution in [2.75, 3.05) is 5.75 Å². The quantitative estimate of drug-likeness (QED) is 0.684. The van der Waals surface area contributed by atoms with Gasteiger partial charge in [0, 0.05) is 12.6 Å². The predicted octanol–water partition coefficient (Wildman–Crippen LogP) is 2.65. The molecule has 7 heteroatoms. The molecule has 2 aromatic heterocycles. The van der Waals surface area contributed by atoms with Gasteiger partial charge in [-0.15, -0.1) is 5.10 Å². The normalized spacial score (nSPS) is 16.8. The van der Waals surface area contributed by atoms with Gasteiger partial charge in [-0.3, -0.25) is 4.79 Å². The number of fused-ring (bicyclic) bond motifs is 3. The first-order chi connectivity index (χ1) is 11.8. The second-order valence-electron chi connectivity index (χ2n) is 5.61. The van der Waals surface area contributed by atoms with Crippen molar-refractivity contribution in [2.45, 2.75) is 23.9 Å². The van der Waals surface area contributed by atoms with Crippen LogP contribution in [-0.2, 0) is 6.42 Å². The number of hydrogen-bond donors (Lipinski definition) is 0. The zero-order chi connectivity index (χ0) is 16.5. The Kier molecular flexibility index (Phi) is 3.75. The van der Waals surface area contributed by atoms with Crippen molar-refractivity contribution in [3.63, 3.8) is 0 Å². The average molecular weight is 335 g/mol. The van der Waals surface area contributed by atoms with Crippen molar-refractivity contribution >= 4 is 23.3 Å². The Labute approximate surface area is 142 Å². The van der Waals surface area contributed by atoms with Gasteiger partial charge in [0.15, 0.2) is 5.78 Å². The molecular formula is C17H13N5OS. The maximum Gasteiger partial charge on any atom is 0.253 e. The van der Waals surface area contributed by atoms with E-state index in [1.807, 2.05) is 18.2 Å². The van der Waals surface area contributed by atoms with Gasteiger partial charge in [0.2, 0.25) is 5.16 Å². The molecule has 0 fully saturated rings. The highest BCUT2D eigenvalue weighted by Gasteiger charge is 2.29. The number of benzene rings is 1. The number of carbonyl (C=O) groups is 1. The zero-order valence-corrected chi connectivity index (χ0v) is 13.5. The minimum Gasteiger partial charge on any atom is -0.294 e. The van der Waals surface area contributed by atoms with E-state index in [4.69, 9.17) is 5.26 Å². The first-order valence-corrected chi connectivity index (χ1v) is 8.57. The van der Waals surface area contributed by atoms with E-state index in [1.54, 1.807) is 10.7 Å². The molecule has 0 bridgehead atoms. The second-order valence-corrected chi connectivity index (χ2v) is 6.55. The number of carbonyl (C=O) groups excluding carboxylic acids is 1. The first-order valence-electron chi connectivity index (χ1n) is 7.59. The topological polar surface area (TPSA) is 83.9 Å². The van der Waals surface area contributed by atoms with Crippen molar-refractivity contribution in [1.82, 2.24) is 19.6 Å². The Hall–Kier alpha value is -2.72. The lowest BCUT2D eigenvalue weighted by Gasteiger charge is -2.23. The molecule has 0 aliphatic heterocycles. The number of ketones is 1. The number of aromatic nitrogens is 4. The Balaban J connectivity index is 1.77. The highest BCUT2D eigenvalue weighted by molar-refractivity contribution is 7.99. The molecular weight excluding hydrogens is 322 g/mol. The van der Waals surface area contributed by atoms with Crippen LogP contribution < -0.4 is 0 Å². The maximum absolute atomic E-state index is 12.5. The molecule has 2 heterocycles. The summed E-state index contributed by atoms with van der Waals surface area (Å²) in [6.45, 7) is 0. The number of Topliss-reactive ketones (excluding diaryl/α,β-unsaturated/α-hetero) is 1. The van der Waals surface area contributed by atoms with E-state index in [0.29, 0.717) is 22.9 Å². The molecule has 0 saturated carbocycles. The minimum absolute atomic E-state index is 0.0845. The van der Waals surface area contributed by atoms with E-state index >= 15 is 0 Å². The van der Waals surface area contributed by atoms with Crippen LogP contribution >= 0.6 is 11.8 Å². The molecule has 1 aliphatic carbocycles. The lowest BCUT2D eigenvalue weighted by atomic mass is 9.82. The summed E-state index contributed by atoms with van der Waals surface area (Å²) in [5.74, 6) is 0.970. The molecule has 1 unspecified atom stereocenters. The fraction of sp³-hybridized carbons (Fsp3) is 0.235. The fourth-order valence-corrected chi connectivity index (χ4v) is 3.53. The van der Waals surface area contributed by atoms with Crippen LogP contribution in [0.1, 0.15) is 34.0 Å². The third-order valence-electron chi connectivity index (χ3n) is 4.16. The molecule has 0 N–H and O–H groups in total. The summed E-state index contributed by atoms with van der Waals surface area (Å²) in [5, 5.41) is 13.6. The van der Waals surface area contributed by atoms with E-state index in [1.165, 1.54) is 11.8 Å². The van der Waals surface area contributed by atoms with Gasteiger partial charge in [-0.2, -0.15) is 14.8 Å². The smallest absolute Gasteiger partial charge is 0.253 e. The number of thioether (sulfide) groups is 1. The Morgan fingerprint density at radius 3 is 2.92 bits per heavy atom. The summed E-state index contributed by atoms with van der Waals surface area (Å²) >= 11 is 1.27. The fourth-order valence-electron chi connectivity index (χ4n) is 3.05. The standard InChI is InChI=1S/C17H13N5OS/c18-6-7-24-17-20-16-19-10-13-14(22(16)21-17)8-12(9-15(13)23)11-4-2-1-3-5-11/h1-5,10,12H,7-9H2. The lowest BCUT2D eigenvalue weighted by molar-refractivity contribution is 0.0962. The summed E-state index contributed by atoms with van der Waals surface area (Å²) in [4.78, 5) is 21.1. The van der Waals surface area contributed by atoms with Gasteiger partial charge in [0.05, 0.1) is 23.1 Å². The van der Waals surface area contributed by atoms with Crippen LogP contribution in [0.25, 0.3) is 5.78 Å². The predicted molar refractivity (Wildman–Crippen MR) is 89.0 cm³/mol. The van der Waals surface area contributed by atoms with E-state index in [2.05, 4.69) is 33.3 Å². The van der Waals surface area contributed by atoms with Crippen molar-refractivity contribution in [1.29, 1.82) is 5.26 Å². The highest BCUT2D eigenvalue weighted by atomic mass is 32.2. The molecule has 4 rings (SSSR count). The average Bonchev–Trinajstić information content (AvgIpc) is 3.04. The highest BCUT2D eigenvalue weighted by Crippen LogP contribution is 2.32. The van der Waals surface area contributed by atoms with E-state index in [-0.39, 0.29) is 17.5 Å². The molecule has 0 saturated heterocycles. The van der Waals surface area contributed by atoms with Crippen molar-refractivity contribution in [3.05, 3.63) is 53.3 Å². The summed E-state index contributed by atoms with van der Waals surface area (Å²) in [7, 11) is 0. The number of rotatable bonds is 3. The summed E-state index contributed by atoms with van der Waals surface area (Å²) < 4.78 is 1.65. The van der Waals surface area contributed by atoms with Gasteiger partial charge in [-0.05, 0) is 17.9 Å². The zero-order valence-electron chi connectivity index (χ0n) is 12.7. The van der Waals surface area contributed by atoms with Crippen LogP contribution in [-0.4, -0.2) is 31.1 Å². The second kappa shape index (κ2) is 6.06. The van der Waals surface area contributed by atoms with E-state index in [9.17, 15) is 4.79 Å². The van der Waals surface area contributed by atoms with Crippen molar-refractivity contribution < 1.29 is 4.79 Å². The summed E-state index contributed by atoms with van der Waals surface area (Å²) in [6.07, 6.45) is 2.80. The Morgan fingerprint density at radius 2 is 2.12 bits per heavy atom. The molecule has 3 aromatic rings. The SMILES string of the molecule is N#CCSc1nc2ncc3c(n2n1)CC(c1ccccc1)CC3=O. The summed E-state index contributed by atoms with van der Waals surface area (Å²) in [5.41, 5.74) is 2.62. The Bertz CT molecular complexity index is 960. The third-order valence-corrected chi connectivity index (χ3v) is 4.86. The van der Waals surface area contributed by atoms with Crippen LogP contribution in [0, 0.1) is 11.3 Å². The Morgan fingerprint density at radius 1 is 1.29 bits per heavy atom. The summed E-state index contributed by atoms with van der Waals surface area (Å²) in [6, 6.07) is 12.1. The maximum atomic E-state index is 12.5. The van der Waals surface area contributed by atoms with Gasteiger partial charge in [0.25, 0.3) is 5.78 Å². The largest absolute Gasteiger partial charge is 0.294 e. The van der Waals surface area contributed by atoms with E-state index < -0.39 is 0 Å². The van der Waals surface area contributed by atoms with Crippen LogP contribution in [0.3, 0.4) is 0 Å². The van der Waals surface area contributed by atoms with Gasteiger partial charge < -0.3 is 0 Å². The lowest BCUT2D eigenvalue weighted by Crippen LogP contribution is -2.22. The van der Waals surface area contributed by atoms with Crippen LogP contribution in [0.2, 0.25) is 0 Å². The number of hydrogen-bond acceptors (Lipinski definition) is 6. The molecule has 1 atom stereocenters. The van der Waals surface area contributed by atoms with Gasteiger partial charge in [-0.1, -0.05) is 42.1 Å². The van der Waals surface area contributed by atoms with Gasteiger partial charge in [0.1, 0.15) is 0 Å². The number of nitriles is 1. The van der Waals surface area contributed by atoms with Crippen LogP contribution in [0.15, 0.2) is 41.7 Å². The monoisotopic (exact) mass is 335 g/mol. The van der Waals surface area contributed by atoms with Crippen molar-refractivity contribution in [3.8, 4) is 6.07 Å². The molecule has 1 aliphatic rings. The van der Waals surface area contributed by atoms with Crippen LogP contribution in [0.4, 0.5) is 0 Å². The van der Waals surface area contributed by atoms with Gasteiger partial charge in [-0.25, -0.2) is 4.98 Å². The molecule has 118 valence electrons. The molecule has 0 spiro atoms. The molecule has 1 aromatic carbocycles. The third kappa shape index (κ3) is 2.55.